The second-order valence-electron chi connectivity index (χ2n) is 5.43. The first-order valence-corrected chi connectivity index (χ1v) is 9.01. The second-order valence-corrected chi connectivity index (χ2v) is 6.34. The van der Waals surface area contributed by atoms with Gasteiger partial charge in [0.1, 0.15) is 18.1 Å². The standard InChI is InChI=1S/C16H18N6O3S/c1-3-21-15(12(2)25-14-7-5-4-6-8-14)18-19-16(21)26-11-20-10-13(9-17-20)22(23)24/h4-10,12H,3,11H2,1-2H3. The van der Waals surface area contributed by atoms with E-state index >= 15 is 0 Å². The fourth-order valence-electron chi connectivity index (χ4n) is 2.40. The van der Waals surface area contributed by atoms with Crippen LogP contribution in [0.3, 0.4) is 0 Å². The number of nitro groups is 1. The van der Waals surface area contributed by atoms with Crippen molar-refractivity contribution in [1.82, 2.24) is 24.5 Å². The molecule has 1 atom stereocenters. The minimum absolute atomic E-state index is 0.0341. The molecular formula is C16H18N6O3S. The lowest BCUT2D eigenvalue weighted by atomic mass is 10.3. The van der Waals surface area contributed by atoms with Crippen LogP contribution in [0.5, 0.6) is 5.75 Å². The molecule has 0 aliphatic heterocycles. The van der Waals surface area contributed by atoms with Gasteiger partial charge in [0, 0.05) is 6.54 Å². The van der Waals surface area contributed by atoms with Gasteiger partial charge in [0.05, 0.1) is 10.8 Å². The topological polar surface area (TPSA) is 101 Å². The first-order valence-electron chi connectivity index (χ1n) is 8.03. The largest absolute Gasteiger partial charge is 0.483 e. The van der Waals surface area contributed by atoms with Crippen molar-refractivity contribution < 1.29 is 9.66 Å². The van der Waals surface area contributed by atoms with Gasteiger partial charge in [-0.1, -0.05) is 30.0 Å². The van der Waals surface area contributed by atoms with Gasteiger partial charge in [-0.25, -0.2) is 0 Å². The Balaban J connectivity index is 1.69. The molecule has 0 saturated heterocycles. The summed E-state index contributed by atoms with van der Waals surface area (Å²) >= 11 is 1.41. The van der Waals surface area contributed by atoms with E-state index in [1.54, 1.807) is 0 Å². The number of para-hydroxylation sites is 1. The van der Waals surface area contributed by atoms with Crippen LogP contribution >= 0.6 is 11.8 Å². The summed E-state index contributed by atoms with van der Waals surface area (Å²) in [6, 6.07) is 9.54. The predicted molar refractivity (Wildman–Crippen MR) is 95.9 cm³/mol. The molecular weight excluding hydrogens is 356 g/mol. The van der Waals surface area contributed by atoms with E-state index in [-0.39, 0.29) is 11.8 Å². The fourth-order valence-corrected chi connectivity index (χ4v) is 3.27. The molecule has 0 saturated carbocycles. The summed E-state index contributed by atoms with van der Waals surface area (Å²) in [5, 5.41) is 23.9. The lowest BCUT2D eigenvalue weighted by Crippen LogP contribution is -2.12. The van der Waals surface area contributed by atoms with Gasteiger partial charge < -0.3 is 9.30 Å². The number of thioether (sulfide) groups is 1. The van der Waals surface area contributed by atoms with Gasteiger partial charge in [0.25, 0.3) is 0 Å². The van der Waals surface area contributed by atoms with Crippen LogP contribution in [0.4, 0.5) is 5.69 Å². The highest BCUT2D eigenvalue weighted by Crippen LogP contribution is 2.25. The number of ether oxygens (including phenoxy) is 1. The first-order chi connectivity index (χ1) is 12.6. The molecule has 2 heterocycles. The minimum Gasteiger partial charge on any atom is -0.483 e. The van der Waals surface area contributed by atoms with E-state index in [0.717, 1.165) is 11.6 Å². The third kappa shape index (κ3) is 4.02. The fraction of sp³-hybridized carbons (Fsp3) is 0.312. The molecule has 0 bridgehead atoms. The van der Waals surface area contributed by atoms with Crippen LogP contribution in [-0.4, -0.2) is 29.5 Å². The van der Waals surface area contributed by atoms with Crippen LogP contribution in [0.25, 0.3) is 0 Å². The van der Waals surface area contributed by atoms with E-state index < -0.39 is 4.92 Å². The van der Waals surface area contributed by atoms with Crippen molar-refractivity contribution in [2.24, 2.45) is 0 Å². The van der Waals surface area contributed by atoms with Crippen molar-refractivity contribution >= 4 is 17.4 Å². The molecule has 0 fully saturated rings. The molecule has 26 heavy (non-hydrogen) atoms. The van der Waals surface area contributed by atoms with E-state index in [1.165, 1.54) is 28.8 Å². The third-order valence-corrected chi connectivity index (χ3v) is 4.59. The van der Waals surface area contributed by atoms with Crippen molar-refractivity contribution in [1.29, 1.82) is 0 Å². The molecule has 3 rings (SSSR count). The van der Waals surface area contributed by atoms with Crippen molar-refractivity contribution in [2.75, 3.05) is 0 Å². The Bertz CT molecular complexity index is 879. The van der Waals surface area contributed by atoms with Crippen molar-refractivity contribution in [3.63, 3.8) is 0 Å². The van der Waals surface area contributed by atoms with Crippen molar-refractivity contribution in [3.8, 4) is 5.75 Å². The van der Waals surface area contributed by atoms with Gasteiger partial charge in [-0.15, -0.1) is 10.2 Å². The average molecular weight is 374 g/mol. The molecule has 0 spiro atoms. The lowest BCUT2D eigenvalue weighted by Gasteiger charge is -2.15. The lowest BCUT2D eigenvalue weighted by molar-refractivity contribution is -0.385. The molecule has 0 aliphatic carbocycles. The average Bonchev–Trinajstić information content (AvgIpc) is 3.27. The van der Waals surface area contributed by atoms with Crippen LogP contribution < -0.4 is 4.74 Å². The summed E-state index contributed by atoms with van der Waals surface area (Å²) in [7, 11) is 0. The maximum absolute atomic E-state index is 10.7. The smallest absolute Gasteiger partial charge is 0.307 e. The Labute approximate surface area is 154 Å². The van der Waals surface area contributed by atoms with E-state index in [9.17, 15) is 10.1 Å². The zero-order chi connectivity index (χ0) is 18.5. The van der Waals surface area contributed by atoms with Gasteiger partial charge in [-0.05, 0) is 26.0 Å². The SMILES string of the molecule is CCn1c(SCn2cc([N+](=O)[O-])cn2)nnc1C(C)Oc1ccccc1. The molecule has 1 aromatic carbocycles. The summed E-state index contributed by atoms with van der Waals surface area (Å²) in [6.45, 7) is 4.62. The Morgan fingerprint density at radius 2 is 2.08 bits per heavy atom. The monoisotopic (exact) mass is 374 g/mol. The van der Waals surface area contributed by atoms with E-state index in [1.807, 2.05) is 48.7 Å². The number of hydrogen-bond donors (Lipinski definition) is 0. The molecule has 9 nitrogen and oxygen atoms in total. The summed E-state index contributed by atoms with van der Waals surface area (Å²) in [5.74, 6) is 1.90. The number of aromatic nitrogens is 5. The molecule has 1 unspecified atom stereocenters. The van der Waals surface area contributed by atoms with E-state index in [4.69, 9.17) is 4.74 Å². The zero-order valence-corrected chi connectivity index (χ0v) is 15.2. The number of rotatable bonds is 8. The molecule has 0 amide bonds. The van der Waals surface area contributed by atoms with Crippen molar-refractivity contribution in [3.05, 3.63) is 58.7 Å². The first kappa shape index (κ1) is 17.9. The molecule has 0 radical (unpaired) electrons. The van der Waals surface area contributed by atoms with Crippen LogP contribution in [-0.2, 0) is 12.4 Å². The molecule has 10 heteroatoms. The summed E-state index contributed by atoms with van der Waals surface area (Å²) in [4.78, 5) is 10.3. The number of nitrogens with zero attached hydrogens (tertiary/aromatic N) is 6. The number of hydrogen-bond acceptors (Lipinski definition) is 7. The second kappa shape index (κ2) is 8.00. The Hall–Kier alpha value is -2.88. The maximum Gasteiger partial charge on any atom is 0.307 e. The highest BCUT2D eigenvalue weighted by atomic mass is 32.2. The highest BCUT2D eigenvalue weighted by Gasteiger charge is 2.19. The number of benzene rings is 1. The van der Waals surface area contributed by atoms with Crippen LogP contribution in [0.15, 0.2) is 47.9 Å². The van der Waals surface area contributed by atoms with Crippen LogP contribution in [0.1, 0.15) is 25.8 Å². The Morgan fingerprint density at radius 3 is 2.73 bits per heavy atom. The maximum atomic E-state index is 10.7. The normalized spacial score (nSPS) is 12.1. The molecule has 136 valence electrons. The van der Waals surface area contributed by atoms with Gasteiger partial charge >= 0.3 is 5.69 Å². The predicted octanol–water partition coefficient (Wildman–Crippen LogP) is 3.29. The Kier molecular flexibility index (Phi) is 5.52. The molecule has 0 N–H and O–H groups in total. The van der Waals surface area contributed by atoms with Gasteiger partial charge in [-0.3, -0.25) is 14.8 Å². The summed E-state index contributed by atoms with van der Waals surface area (Å²) in [5.41, 5.74) is -0.0341. The highest BCUT2D eigenvalue weighted by molar-refractivity contribution is 7.98. The van der Waals surface area contributed by atoms with Gasteiger partial charge in [-0.2, -0.15) is 5.10 Å². The van der Waals surface area contributed by atoms with Crippen LogP contribution in [0.2, 0.25) is 0 Å². The van der Waals surface area contributed by atoms with Gasteiger partial charge in [0.15, 0.2) is 17.1 Å². The molecule has 2 aromatic heterocycles. The van der Waals surface area contributed by atoms with Crippen molar-refractivity contribution in [2.45, 2.75) is 37.5 Å². The van der Waals surface area contributed by atoms with E-state index in [0.29, 0.717) is 17.6 Å². The molecule has 0 aliphatic rings. The molecule has 3 aromatic rings. The van der Waals surface area contributed by atoms with Gasteiger partial charge in [0.2, 0.25) is 0 Å². The minimum atomic E-state index is -0.469. The van der Waals surface area contributed by atoms with Crippen LogP contribution in [0, 0.1) is 10.1 Å². The third-order valence-electron chi connectivity index (χ3n) is 3.64. The van der Waals surface area contributed by atoms with E-state index in [2.05, 4.69) is 15.3 Å². The summed E-state index contributed by atoms with van der Waals surface area (Å²) in [6.07, 6.45) is 2.36. The quantitative estimate of drug-likeness (QED) is 0.339. The zero-order valence-electron chi connectivity index (χ0n) is 14.3. The Morgan fingerprint density at radius 1 is 1.31 bits per heavy atom. The summed E-state index contributed by atoms with van der Waals surface area (Å²) < 4.78 is 9.39.